The van der Waals surface area contributed by atoms with E-state index in [-0.39, 0.29) is 30.7 Å². The summed E-state index contributed by atoms with van der Waals surface area (Å²) >= 11 is 1.71. The van der Waals surface area contributed by atoms with Crippen LogP contribution in [0.2, 0.25) is 0 Å². The van der Waals surface area contributed by atoms with Crippen LogP contribution < -0.4 is 0 Å². The van der Waals surface area contributed by atoms with Crippen molar-refractivity contribution < 1.29 is 19.0 Å². The van der Waals surface area contributed by atoms with Gasteiger partial charge in [-0.3, -0.25) is 0 Å². The van der Waals surface area contributed by atoms with E-state index in [0.29, 0.717) is 19.4 Å². The highest BCUT2D eigenvalue weighted by atomic mass is 32.1. The van der Waals surface area contributed by atoms with Crippen LogP contribution in [0.15, 0.2) is 71.4 Å². The van der Waals surface area contributed by atoms with Crippen LogP contribution in [0.3, 0.4) is 0 Å². The molecule has 3 aromatic rings. The lowest BCUT2D eigenvalue weighted by molar-refractivity contribution is 0.00760. The van der Waals surface area contributed by atoms with Gasteiger partial charge in [-0.2, -0.15) is 11.3 Å². The van der Waals surface area contributed by atoms with E-state index in [2.05, 4.69) is 0 Å². The summed E-state index contributed by atoms with van der Waals surface area (Å²) in [5.74, 6) is -0.250. The minimum absolute atomic E-state index is 0.0800. The van der Waals surface area contributed by atoms with E-state index >= 15 is 0 Å². The highest BCUT2D eigenvalue weighted by Crippen LogP contribution is 2.28. The van der Waals surface area contributed by atoms with Crippen LogP contribution >= 0.6 is 11.3 Å². The number of thiophene rings is 1. The molecule has 1 aromatic heterocycles. The molecule has 0 spiro atoms. The summed E-state index contributed by atoms with van der Waals surface area (Å²) in [4.78, 5) is 14.0. The van der Waals surface area contributed by atoms with Gasteiger partial charge in [-0.15, -0.1) is 0 Å². The quantitative estimate of drug-likeness (QED) is 0.489. The molecular weight excluding hydrogens is 413 g/mol. The third-order valence-electron chi connectivity index (χ3n) is 5.34. The maximum atomic E-state index is 13.0. The van der Waals surface area contributed by atoms with Crippen molar-refractivity contribution >= 4 is 17.4 Å². The van der Waals surface area contributed by atoms with Crippen molar-refractivity contribution in [3.63, 3.8) is 0 Å². The summed E-state index contributed by atoms with van der Waals surface area (Å²) < 4.78 is 18.5. The van der Waals surface area contributed by atoms with E-state index in [1.165, 1.54) is 12.1 Å². The first-order chi connectivity index (χ1) is 15.1. The van der Waals surface area contributed by atoms with Crippen LogP contribution in [-0.4, -0.2) is 35.4 Å². The lowest BCUT2D eigenvalue weighted by Crippen LogP contribution is -2.43. The van der Waals surface area contributed by atoms with Gasteiger partial charge in [0.05, 0.1) is 6.04 Å². The predicted molar refractivity (Wildman–Crippen MR) is 122 cm³/mol. The first-order valence-electron chi connectivity index (χ1n) is 10.5. The molecule has 0 radical (unpaired) electrons. The molecule has 4 rings (SSSR count). The van der Waals surface area contributed by atoms with Gasteiger partial charge in [0, 0.05) is 19.6 Å². The Morgan fingerprint density at radius 2 is 1.71 bits per heavy atom. The molecule has 0 aliphatic carbocycles. The molecule has 2 unspecified atom stereocenters. The van der Waals surface area contributed by atoms with Gasteiger partial charge in [-0.1, -0.05) is 48.5 Å². The summed E-state index contributed by atoms with van der Waals surface area (Å²) in [6.07, 6.45) is 1.74. The van der Waals surface area contributed by atoms with E-state index in [1.54, 1.807) is 28.4 Å². The second kappa shape index (κ2) is 11.6. The zero-order chi connectivity index (χ0) is 22.1. The fraction of sp³-hybridized carbons (Fsp3) is 0.320. The van der Waals surface area contributed by atoms with Crippen LogP contribution in [0.5, 0.6) is 0 Å². The topological polar surface area (TPSA) is 49.8 Å². The molecule has 1 amide bonds. The number of hydrogen-bond donors (Lipinski definition) is 1. The average Bonchev–Trinajstić information content (AvgIpc) is 3.38. The number of halogens is 1. The zero-order valence-electron chi connectivity index (χ0n) is 17.6. The molecule has 1 fully saturated rings. The fourth-order valence-electron chi connectivity index (χ4n) is 3.52. The van der Waals surface area contributed by atoms with Gasteiger partial charge in [0.25, 0.3) is 0 Å². The van der Waals surface area contributed by atoms with Gasteiger partial charge in [0.2, 0.25) is 0 Å². The largest absolute Gasteiger partial charge is 0.446 e. The van der Waals surface area contributed by atoms with Crippen LogP contribution in [0.1, 0.15) is 37.8 Å². The molecule has 0 saturated carbocycles. The number of carbonyl (C=O) groups excluding carboxylic acids is 1. The van der Waals surface area contributed by atoms with Gasteiger partial charge in [0.1, 0.15) is 11.9 Å². The van der Waals surface area contributed by atoms with E-state index in [4.69, 9.17) is 9.84 Å². The van der Waals surface area contributed by atoms with Gasteiger partial charge in [-0.25, -0.2) is 9.18 Å². The summed E-state index contributed by atoms with van der Waals surface area (Å²) in [6, 6.07) is 18.3. The number of cyclic esters (lactones) is 1. The summed E-state index contributed by atoms with van der Waals surface area (Å²) in [6.45, 7) is 2.76. The predicted octanol–water partition coefficient (Wildman–Crippen LogP) is 6.29. The molecule has 4 nitrogen and oxygen atoms in total. The molecule has 2 aromatic carbocycles. The van der Waals surface area contributed by atoms with Gasteiger partial charge in [0.15, 0.2) is 0 Å². The minimum atomic E-state index is -0.297. The maximum Gasteiger partial charge on any atom is 0.410 e. The van der Waals surface area contributed by atoms with Gasteiger partial charge < -0.3 is 14.7 Å². The van der Waals surface area contributed by atoms with Crippen LogP contribution in [-0.2, 0) is 4.74 Å². The van der Waals surface area contributed by atoms with Gasteiger partial charge in [-0.05, 0) is 59.3 Å². The van der Waals surface area contributed by atoms with Crippen molar-refractivity contribution in [2.75, 3.05) is 13.2 Å². The Hall–Kier alpha value is -2.70. The molecule has 31 heavy (non-hydrogen) atoms. The smallest absolute Gasteiger partial charge is 0.410 e. The molecule has 6 heteroatoms. The van der Waals surface area contributed by atoms with E-state index in [9.17, 15) is 9.18 Å². The second-order valence-electron chi connectivity index (χ2n) is 7.45. The van der Waals surface area contributed by atoms with E-state index < -0.39 is 0 Å². The Labute approximate surface area is 186 Å². The number of aliphatic hydroxyl groups is 1. The van der Waals surface area contributed by atoms with Crippen LogP contribution in [0, 0.1) is 5.82 Å². The number of ether oxygens (including phenoxy) is 1. The Kier molecular flexibility index (Phi) is 8.62. The number of carbonyl (C=O) groups is 1. The molecule has 0 bridgehead atoms. The maximum absolute atomic E-state index is 13.0. The zero-order valence-corrected chi connectivity index (χ0v) is 18.4. The highest BCUT2D eigenvalue weighted by molar-refractivity contribution is 7.07. The minimum Gasteiger partial charge on any atom is -0.446 e. The van der Waals surface area contributed by atoms with Crippen molar-refractivity contribution in [1.29, 1.82) is 0 Å². The molecule has 2 heterocycles. The third kappa shape index (κ3) is 6.64. The molecule has 1 aliphatic rings. The monoisotopic (exact) mass is 441 g/mol. The standard InChI is InChI=1S/C21H24FNO3.C4H4S/c1-15(23-13-12-20(3-2-14-24)26-21(23)25)16-4-6-17(7-5-16)18-8-10-19(22)11-9-18;1-2-4-5-3-1/h4-11,15,20,24H,2-3,12-14H2,1H3;1-4H. The Balaban J connectivity index is 0.000000478. The fourth-order valence-corrected chi connectivity index (χ4v) is 3.97. The molecule has 2 atom stereocenters. The SMILES string of the molecule is CC(c1ccc(-c2ccc(F)cc2)cc1)N1CCC(CCCO)OC1=O.c1ccsc1. The van der Waals surface area contributed by atoms with Crippen molar-refractivity contribution in [2.24, 2.45) is 0 Å². The van der Waals surface area contributed by atoms with Crippen molar-refractivity contribution in [3.05, 3.63) is 82.8 Å². The highest BCUT2D eigenvalue weighted by Gasteiger charge is 2.30. The molecule has 1 aliphatic heterocycles. The van der Waals surface area contributed by atoms with Crippen molar-refractivity contribution in [2.45, 2.75) is 38.3 Å². The number of amides is 1. The Morgan fingerprint density at radius 1 is 1.10 bits per heavy atom. The Bertz CT molecular complexity index is 896. The molecule has 1 saturated heterocycles. The number of nitrogens with zero attached hydrogens (tertiary/aromatic N) is 1. The first-order valence-corrected chi connectivity index (χ1v) is 11.4. The van der Waals surface area contributed by atoms with Gasteiger partial charge >= 0.3 is 6.09 Å². The Morgan fingerprint density at radius 3 is 2.23 bits per heavy atom. The molecule has 164 valence electrons. The number of benzene rings is 2. The summed E-state index contributed by atoms with van der Waals surface area (Å²) in [5, 5.41) is 13.0. The van der Waals surface area contributed by atoms with Crippen LogP contribution in [0.25, 0.3) is 11.1 Å². The van der Waals surface area contributed by atoms with Crippen molar-refractivity contribution in [3.8, 4) is 11.1 Å². The lowest BCUT2D eigenvalue weighted by atomic mass is 10.00. The number of aliphatic hydroxyl groups excluding tert-OH is 1. The van der Waals surface area contributed by atoms with E-state index in [1.807, 2.05) is 54.1 Å². The van der Waals surface area contributed by atoms with E-state index in [0.717, 1.165) is 23.1 Å². The molecule has 1 N–H and O–H groups in total. The lowest BCUT2D eigenvalue weighted by Gasteiger charge is -2.35. The normalized spacial score (nSPS) is 16.8. The van der Waals surface area contributed by atoms with Crippen LogP contribution in [0.4, 0.5) is 9.18 Å². The van der Waals surface area contributed by atoms with Crippen molar-refractivity contribution in [1.82, 2.24) is 4.90 Å². The molecular formula is C25H28FNO3S. The second-order valence-corrected chi connectivity index (χ2v) is 8.27. The first kappa shape index (κ1) is 23.0. The average molecular weight is 442 g/mol. The summed E-state index contributed by atoms with van der Waals surface area (Å²) in [5.41, 5.74) is 2.99. The number of hydrogen-bond acceptors (Lipinski definition) is 4. The summed E-state index contributed by atoms with van der Waals surface area (Å²) in [7, 11) is 0. The number of rotatable bonds is 6. The third-order valence-corrected chi connectivity index (χ3v) is 5.97.